The van der Waals surface area contributed by atoms with Crippen molar-refractivity contribution in [1.82, 2.24) is 19.7 Å². The van der Waals surface area contributed by atoms with Gasteiger partial charge < -0.3 is 9.84 Å². The summed E-state index contributed by atoms with van der Waals surface area (Å²) in [6.07, 6.45) is 1.45. The molecule has 1 N–H and O–H groups in total. The van der Waals surface area contributed by atoms with E-state index in [0.29, 0.717) is 5.69 Å². The molecule has 0 aromatic carbocycles. The van der Waals surface area contributed by atoms with Crippen LogP contribution in [0.15, 0.2) is 18.5 Å². The highest BCUT2D eigenvalue weighted by Gasteiger charge is 2.15. The highest BCUT2D eigenvalue weighted by atomic mass is 16.5. The van der Waals surface area contributed by atoms with Crippen LogP contribution < -0.4 is 4.74 Å². The van der Waals surface area contributed by atoms with Crippen molar-refractivity contribution in [2.75, 3.05) is 0 Å². The SMILES string of the molecule is Cc1ccc(C(=O)O)c(Oc2ncn(C)n2)n1. The summed E-state index contributed by atoms with van der Waals surface area (Å²) < 4.78 is 6.69. The largest absolute Gasteiger partial charge is 0.477 e. The molecule has 0 bridgehead atoms. The molecule has 2 aromatic heterocycles. The summed E-state index contributed by atoms with van der Waals surface area (Å²) in [5.41, 5.74) is 0.629. The van der Waals surface area contributed by atoms with Crippen LogP contribution in [0, 0.1) is 6.92 Å². The molecule has 2 aromatic rings. The molecule has 2 rings (SSSR count). The molecule has 17 heavy (non-hydrogen) atoms. The van der Waals surface area contributed by atoms with Crippen molar-refractivity contribution in [2.24, 2.45) is 7.05 Å². The van der Waals surface area contributed by atoms with Crippen LogP contribution in [0.3, 0.4) is 0 Å². The molecule has 7 heteroatoms. The third-order valence-electron chi connectivity index (χ3n) is 2.00. The zero-order valence-corrected chi connectivity index (χ0v) is 9.28. The fourth-order valence-electron chi connectivity index (χ4n) is 1.23. The van der Waals surface area contributed by atoms with Gasteiger partial charge in [0.2, 0.25) is 5.88 Å². The van der Waals surface area contributed by atoms with Gasteiger partial charge in [0, 0.05) is 12.7 Å². The number of aryl methyl sites for hydroxylation is 2. The molecule has 0 atom stereocenters. The van der Waals surface area contributed by atoms with Crippen molar-refractivity contribution in [3.63, 3.8) is 0 Å². The van der Waals surface area contributed by atoms with Gasteiger partial charge in [0.15, 0.2) is 0 Å². The van der Waals surface area contributed by atoms with E-state index >= 15 is 0 Å². The van der Waals surface area contributed by atoms with Gasteiger partial charge in [-0.3, -0.25) is 4.68 Å². The van der Waals surface area contributed by atoms with Crippen LogP contribution in [0.25, 0.3) is 0 Å². The second-order valence-corrected chi connectivity index (χ2v) is 3.41. The first-order chi connectivity index (χ1) is 8.06. The van der Waals surface area contributed by atoms with E-state index < -0.39 is 5.97 Å². The number of carboxylic acid groups (broad SMARTS) is 1. The number of hydrogen-bond donors (Lipinski definition) is 1. The van der Waals surface area contributed by atoms with Gasteiger partial charge in [0.25, 0.3) is 0 Å². The maximum Gasteiger partial charge on any atom is 0.342 e. The predicted molar refractivity (Wildman–Crippen MR) is 57.0 cm³/mol. The average Bonchev–Trinajstić information content (AvgIpc) is 2.63. The maximum atomic E-state index is 11.0. The van der Waals surface area contributed by atoms with Gasteiger partial charge in [-0.15, -0.1) is 5.10 Å². The number of hydrogen-bond acceptors (Lipinski definition) is 5. The lowest BCUT2D eigenvalue weighted by Crippen LogP contribution is -2.03. The Morgan fingerprint density at radius 2 is 2.24 bits per heavy atom. The summed E-state index contributed by atoms with van der Waals surface area (Å²) in [6, 6.07) is 3.10. The van der Waals surface area contributed by atoms with Crippen LogP contribution in [0.1, 0.15) is 16.1 Å². The Kier molecular flexibility index (Phi) is 2.73. The Morgan fingerprint density at radius 3 is 2.82 bits per heavy atom. The lowest BCUT2D eigenvalue weighted by molar-refractivity contribution is 0.0693. The molecule has 0 saturated carbocycles. The van der Waals surface area contributed by atoms with E-state index in [-0.39, 0.29) is 17.5 Å². The number of ether oxygens (including phenoxy) is 1. The van der Waals surface area contributed by atoms with Crippen molar-refractivity contribution >= 4 is 5.97 Å². The Morgan fingerprint density at radius 1 is 1.47 bits per heavy atom. The molecule has 0 spiro atoms. The monoisotopic (exact) mass is 234 g/mol. The first-order valence-corrected chi connectivity index (χ1v) is 4.80. The lowest BCUT2D eigenvalue weighted by atomic mass is 10.2. The zero-order valence-electron chi connectivity index (χ0n) is 9.28. The van der Waals surface area contributed by atoms with E-state index in [1.807, 2.05) is 0 Å². The number of nitrogens with zero attached hydrogens (tertiary/aromatic N) is 4. The van der Waals surface area contributed by atoms with Crippen molar-refractivity contribution in [1.29, 1.82) is 0 Å². The van der Waals surface area contributed by atoms with E-state index in [0.717, 1.165) is 0 Å². The number of pyridine rings is 1. The number of aromatic nitrogens is 4. The van der Waals surface area contributed by atoms with E-state index in [9.17, 15) is 4.79 Å². The zero-order chi connectivity index (χ0) is 12.4. The number of aromatic carboxylic acids is 1. The normalized spacial score (nSPS) is 10.2. The van der Waals surface area contributed by atoms with Crippen LogP contribution in [0.5, 0.6) is 11.9 Å². The standard InChI is InChI=1S/C10H10N4O3/c1-6-3-4-7(9(15)16)8(12-6)17-10-11-5-14(2)13-10/h3-5H,1-2H3,(H,15,16). The quantitative estimate of drug-likeness (QED) is 0.852. The third kappa shape index (κ3) is 2.39. The van der Waals surface area contributed by atoms with E-state index in [2.05, 4.69) is 15.1 Å². The molecule has 0 saturated heterocycles. The number of rotatable bonds is 3. The van der Waals surface area contributed by atoms with Crippen molar-refractivity contribution < 1.29 is 14.6 Å². The summed E-state index contributed by atoms with van der Waals surface area (Å²) in [5.74, 6) is -1.12. The fourth-order valence-corrected chi connectivity index (χ4v) is 1.23. The Hall–Kier alpha value is -2.44. The Balaban J connectivity index is 2.37. The first-order valence-electron chi connectivity index (χ1n) is 4.80. The topological polar surface area (TPSA) is 90.1 Å². The molecular weight excluding hydrogens is 224 g/mol. The molecule has 7 nitrogen and oxygen atoms in total. The van der Waals surface area contributed by atoms with Crippen molar-refractivity contribution in [3.8, 4) is 11.9 Å². The Labute approximate surface area is 96.7 Å². The summed E-state index contributed by atoms with van der Waals surface area (Å²) >= 11 is 0. The summed E-state index contributed by atoms with van der Waals surface area (Å²) in [7, 11) is 1.68. The van der Waals surface area contributed by atoms with Gasteiger partial charge in [-0.1, -0.05) is 0 Å². The Bertz CT molecular complexity index is 564. The maximum absolute atomic E-state index is 11.0. The minimum Gasteiger partial charge on any atom is -0.477 e. The molecular formula is C10H10N4O3. The predicted octanol–water partition coefficient (Wildman–Crippen LogP) is 1.01. The van der Waals surface area contributed by atoms with E-state index in [4.69, 9.17) is 9.84 Å². The second-order valence-electron chi connectivity index (χ2n) is 3.41. The molecule has 0 aliphatic heterocycles. The van der Waals surface area contributed by atoms with E-state index in [1.54, 1.807) is 20.0 Å². The summed E-state index contributed by atoms with van der Waals surface area (Å²) in [6.45, 7) is 1.74. The number of carbonyl (C=O) groups is 1. The van der Waals surface area contributed by atoms with E-state index in [1.165, 1.54) is 17.1 Å². The second kappa shape index (κ2) is 4.20. The molecule has 2 heterocycles. The fraction of sp³-hybridized carbons (Fsp3) is 0.200. The molecule has 0 aliphatic rings. The van der Waals surface area contributed by atoms with Gasteiger partial charge in [-0.25, -0.2) is 9.78 Å². The van der Waals surface area contributed by atoms with Gasteiger partial charge in [0.05, 0.1) is 0 Å². The summed E-state index contributed by atoms with van der Waals surface area (Å²) in [4.78, 5) is 18.8. The molecule has 88 valence electrons. The van der Waals surface area contributed by atoms with Gasteiger partial charge in [-0.2, -0.15) is 4.98 Å². The number of carboxylic acids is 1. The highest BCUT2D eigenvalue weighted by molar-refractivity contribution is 5.90. The first kappa shape index (κ1) is 11.1. The minimum absolute atomic E-state index is 0.0105. The van der Waals surface area contributed by atoms with Crippen LogP contribution in [0.2, 0.25) is 0 Å². The average molecular weight is 234 g/mol. The van der Waals surface area contributed by atoms with Crippen molar-refractivity contribution in [3.05, 3.63) is 29.7 Å². The highest BCUT2D eigenvalue weighted by Crippen LogP contribution is 2.20. The van der Waals surface area contributed by atoms with Crippen LogP contribution >= 0.6 is 0 Å². The third-order valence-corrected chi connectivity index (χ3v) is 2.00. The van der Waals surface area contributed by atoms with Crippen LogP contribution in [-0.2, 0) is 7.05 Å². The van der Waals surface area contributed by atoms with Crippen LogP contribution in [-0.4, -0.2) is 30.8 Å². The summed E-state index contributed by atoms with van der Waals surface area (Å²) in [5, 5.41) is 12.9. The van der Waals surface area contributed by atoms with Crippen LogP contribution in [0.4, 0.5) is 0 Å². The lowest BCUT2D eigenvalue weighted by Gasteiger charge is -2.04. The molecule has 0 radical (unpaired) electrons. The smallest absolute Gasteiger partial charge is 0.342 e. The molecule has 0 unspecified atom stereocenters. The van der Waals surface area contributed by atoms with Gasteiger partial charge >= 0.3 is 12.0 Å². The molecule has 0 amide bonds. The molecule has 0 fully saturated rings. The van der Waals surface area contributed by atoms with Gasteiger partial charge in [0.1, 0.15) is 11.9 Å². The van der Waals surface area contributed by atoms with Crippen molar-refractivity contribution in [2.45, 2.75) is 6.92 Å². The molecule has 0 aliphatic carbocycles. The van der Waals surface area contributed by atoms with Gasteiger partial charge in [-0.05, 0) is 19.1 Å². The minimum atomic E-state index is -1.11.